The molecule has 3 saturated heterocycles. The number of rotatable bonds is 6. The molecule has 3 aliphatic rings. The third-order valence-electron chi connectivity index (χ3n) is 7.02. The van der Waals surface area contributed by atoms with Crippen molar-refractivity contribution < 1.29 is 19.0 Å². The highest BCUT2D eigenvalue weighted by molar-refractivity contribution is 5.17. The molecular formula is C25H31FN2O3. The lowest BCUT2D eigenvalue weighted by molar-refractivity contribution is -0.186. The predicted octanol–water partition coefficient (Wildman–Crippen LogP) is 2.72. The van der Waals surface area contributed by atoms with E-state index in [-0.39, 0.29) is 30.3 Å². The zero-order valence-electron chi connectivity index (χ0n) is 17.7. The molecule has 0 radical (unpaired) electrons. The van der Waals surface area contributed by atoms with Crippen LogP contribution in [0.2, 0.25) is 0 Å². The molecule has 5 atom stereocenters. The van der Waals surface area contributed by atoms with Gasteiger partial charge in [-0.1, -0.05) is 42.5 Å². The normalized spacial score (nSPS) is 31.7. The molecule has 0 aromatic heterocycles. The van der Waals surface area contributed by atoms with Crippen molar-refractivity contribution in [2.75, 3.05) is 19.7 Å². The fourth-order valence-corrected chi connectivity index (χ4v) is 5.28. The van der Waals surface area contributed by atoms with Gasteiger partial charge in [0.05, 0.1) is 24.8 Å². The molecule has 5 unspecified atom stereocenters. The first-order chi connectivity index (χ1) is 15.2. The average Bonchev–Trinajstić information content (AvgIpc) is 3.22. The Morgan fingerprint density at radius 2 is 1.74 bits per heavy atom. The minimum absolute atomic E-state index is 0.160. The van der Waals surface area contributed by atoms with Crippen molar-refractivity contribution in [2.45, 2.75) is 56.4 Å². The molecule has 2 bridgehead atoms. The summed E-state index contributed by atoms with van der Waals surface area (Å²) in [5.41, 5.74) is 2.38. The molecule has 3 heterocycles. The Hall–Kier alpha value is -1.83. The van der Waals surface area contributed by atoms with Crippen molar-refractivity contribution in [3.05, 3.63) is 71.5 Å². The standard InChI is InChI=1S/C25H31FN2O3/c26-20-8-6-19(7-9-20)15-27-22-21-16-30-25(31-21)23(24(22)29)28-12-10-18(11-13-28)14-17-4-2-1-3-5-17/h1-9,18,21-25,27,29H,10-16H2. The molecule has 0 amide bonds. The summed E-state index contributed by atoms with van der Waals surface area (Å²) in [5, 5.41) is 14.7. The first kappa shape index (κ1) is 21.0. The van der Waals surface area contributed by atoms with Crippen LogP contribution in [0.5, 0.6) is 0 Å². The van der Waals surface area contributed by atoms with Gasteiger partial charge in [0.25, 0.3) is 0 Å². The van der Waals surface area contributed by atoms with Crippen LogP contribution in [-0.2, 0) is 22.4 Å². The summed E-state index contributed by atoms with van der Waals surface area (Å²) in [6, 6.07) is 16.8. The molecule has 5 nitrogen and oxygen atoms in total. The Labute approximate surface area is 183 Å². The second kappa shape index (κ2) is 9.35. The van der Waals surface area contributed by atoms with E-state index >= 15 is 0 Å². The van der Waals surface area contributed by atoms with E-state index in [1.807, 2.05) is 0 Å². The molecule has 166 valence electrons. The first-order valence-corrected chi connectivity index (χ1v) is 11.4. The molecule has 0 spiro atoms. The lowest BCUT2D eigenvalue weighted by atomic mass is 9.87. The van der Waals surface area contributed by atoms with Crippen molar-refractivity contribution in [1.29, 1.82) is 0 Å². The number of halogens is 1. The largest absolute Gasteiger partial charge is 0.390 e. The molecule has 2 aromatic carbocycles. The molecule has 0 saturated carbocycles. The summed E-state index contributed by atoms with van der Waals surface area (Å²) < 4.78 is 25.2. The molecule has 2 aromatic rings. The smallest absolute Gasteiger partial charge is 0.176 e. The molecular weight excluding hydrogens is 395 g/mol. The summed E-state index contributed by atoms with van der Waals surface area (Å²) in [5.74, 6) is 0.428. The summed E-state index contributed by atoms with van der Waals surface area (Å²) in [7, 11) is 0. The van der Waals surface area contributed by atoms with E-state index in [4.69, 9.17) is 9.47 Å². The van der Waals surface area contributed by atoms with Crippen LogP contribution < -0.4 is 5.32 Å². The van der Waals surface area contributed by atoms with E-state index in [0.717, 1.165) is 37.9 Å². The highest BCUT2D eigenvalue weighted by Crippen LogP contribution is 2.34. The van der Waals surface area contributed by atoms with Crippen LogP contribution in [0.1, 0.15) is 24.0 Å². The number of piperidine rings is 1. The fraction of sp³-hybridized carbons (Fsp3) is 0.520. The summed E-state index contributed by atoms with van der Waals surface area (Å²) in [4.78, 5) is 2.35. The maximum atomic E-state index is 13.2. The van der Waals surface area contributed by atoms with Gasteiger partial charge in [0.1, 0.15) is 11.9 Å². The number of nitrogens with one attached hydrogen (secondary N) is 1. The van der Waals surface area contributed by atoms with E-state index in [1.165, 1.54) is 17.7 Å². The Morgan fingerprint density at radius 1 is 1.00 bits per heavy atom. The third kappa shape index (κ3) is 4.69. The SMILES string of the molecule is OC1C(NCc2ccc(F)cc2)C2COC(O2)C1N1CCC(Cc2ccccc2)CC1. The topological polar surface area (TPSA) is 54.0 Å². The Balaban J connectivity index is 1.19. The molecule has 2 N–H and O–H groups in total. The Morgan fingerprint density at radius 3 is 2.48 bits per heavy atom. The van der Waals surface area contributed by atoms with Gasteiger partial charge in [0.2, 0.25) is 0 Å². The number of hydrogen-bond acceptors (Lipinski definition) is 5. The summed E-state index contributed by atoms with van der Waals surface area (Å²) in [6.07, 6.45) is 2.24. The predicted molar refractivity (Wildman–Crippen MR) is 116 cm³/mol. The van der Waals surface area contributed by atoms with Gasteiger partial charge in [-0.2, -0.15) is 0 Å². The maximum absolute atomic E-state index is 13.2. The van der Waals surface area contributed by atoms with Crippen molar-refractivity contribution in [1.82, 2.24) is 10.2 Å². The third-order valence-corrected chi connectivity index (χ3v) is 7.02. The number of benzene rings is 2. The van der Waals surface area contributed by atoms with Crippen LogP contribution in [0.25, 0.3) is 0 Å². The van der Waals surface area contributed by atoms with Gasteiger partial charge in [0, 0.05) is 6.54 Å². The monoisotopic (exact) mass is 426 g/mol. The van der Waals surface area contributed by atoms with Crippen LogP contribution in [0.4, 0.5) is 4.39 Å². The van der Waals surface area contributed by atoms with Gasteiger partial charge >= 0.3 is 0 Å². The summed E-state index contributed by atoms with van der Waals surface area (Å²) >= 11 is 0. The second-order valence-electron chi connectivity index (χ2n) is 9.06. The summed E-state index contributed by atoms with van der Waals surface area (Å²) in [6.45, 7) is 2.93. The highest BCUT2D eigenvalue weighted by Gasteiger charge is 2.52. The van der Waals surface area contributed by atoms with E-state index in [2.05, 4.69) is 40.5 Å². The average molecular weight is 427 g/mol. The molecule has 3 fully saturated rings. The van der Waals surface area contributed by atoms with Gasteiger partial charge in [-0.25, -0.2) is 4.39 Å². The van der Waals surface area contributed by atoms with Gasteiger partial charge in [-0.05, 0) is 61.5 Å². The van der Waals surface area contributed by atoms with E-state index in [0.29, 0.717) is 19.1 Å². The fourth-order valence-electron chi connectivity index (χ4n) is 5.28. The van der Waals surface area contributed by atoms with Crippen LogP contribution in [0.3, 0.4) is 0 Å². The Bertz CT molecular complexity index is 842. The van der Waals surface area contributed by atoms with Crippen molar-refractivity contribution in [3.8, 4) is 0 Å². The maximum Gasteiger partial charge on any atom is 0.176 e. The molecule has 5 rings (SSSR count). The number of nitrogens with zero attached hydrogens (tertiary/aromatic N) is 1. The molecule has 6 heteroatoms. The quantitative estimate of drug-likeness (QED) is 0.744. The van der Waals surface area contributed by atoms with Gasteiger partial charge in [-0.3, -0.25) is 4.90 Å². The van der Waals surface area contributed by atoms with Gasteiger partial charge < -0.3 is 19.9 Å². The minimum atomic E-state index is -0.572. The zero-order valence-corrected chi connectivity index (χ0v) is 17.7. The van der Waals surface area contributed by atoms with Crippen LogP contribution in [0, 0.1) is 11.7 Å². The van der Waals surface area contributed by atoms with E-state index < -0.39 is 6.10 Å². The molecule has 0 aliphatic carbocycles. The molecule has 3 aliphatic heterocycles. The van der Waals surface area contributed by atoms with Gasteiger partial charge in [-0.15, -0.1) is 0 Å². The number of ether oxygens (including phenoxy) is 2. The highest BCUT2D eigenvalue weighted by atomic mass is 19.1. The second-order valence-corrected chi connectivity index (χ2v) is 9.06. The number of hydrogen-bond donors (Lipinski definition) is 2. The molecule has 31 heavy (non-hydrogen) atoms. The number of likely N-dealkylation sites (tertiary alicyclic amines) is 1. The van der Waals surface area contributed by atoms with Crippen LogP contribution in [-0.4, -0.2) is 60.3 Å². The van der Waals surface area contributed by atoms with Crippen molar-refractivity contribution in [3.63, 3.8) is 0 Å². The van der Waals surface area contributed by atoms with Crippen molar-refractivity contribution >= 4 is 0 Å². The van der Waals surface area contributed by atoms with Crippen LogP contribution >= 0.6 is 0 Å². The van der Waals surface area contributed by atoms with Crippen molar-refractivity contribution in [2.24, 2.45) is 5.92 Å². The number of aliphatic hydroxyl groups is 1. The number of aliphatic hydroxyl groups excluding tert-OH is 1. The van der Waals surface area contributed by atoms with Gasteiger partial charge in [0.15, 0.2) is 6.29 Å². The number of fused-ring (bicyclic) bond motifs is 2. The lowest BCUT2D eigenvalue weighted by Crippen LogP contribution is -2.65. The lowest BCUT2D eigenvalue weighted by Gasteiger charge is -2.46. The van der Waals surface area contributed by atoms with Crippen LogP contribution in [0.15, 0.2) is 54.6 Å². The first-order valence-electron chi connectivity index (χ1n) is 11.4. The zero-order chi connectivity index (χ0) is 21.2. The van der Waals surface area contributed by atoms with E-state index in [9.17, 15) is 9.50 Å². The minimum Gasteiger partial charge on any atom is -0.390 e. The van der Waals surface area contributed by atoms with E-state index in [1.54, 1.807) is 12.1 Å². The Kier molecular flexibility index (Phi) is 6.34.